The van der Waals surface area contributed by atoms with E-state index in [0.717, 1.165) is 36.0 Å². The minimum Gasteiger partial charge on any atom is -0.392 e. The summed E-state index contributed by atoms with van der Waals surface area (Å²) in [6, 6.07) is 21.6. The number of amides is 3. The first-order valence-electron chi connectivity index (χ1n) is 15.8. The molecule has 46 heavy (non-hydrogen) atoms. The third kappa shape index (κ3) is 9.34. The molecule has 0 spiro atoms. The van der Waals surface area contributed by atoms with Crippen molar-refractivity contribution in [1.82, 2.24) is 15.1 Å². The van der Waals surface area contributed by atoms with Gasteiger partial charge in [-0.25, -0.2) is 4.39 Å². The van der Waals surface area contributed by atoms with E-state index < -0.39 is 35.8 Å². The van der Waals surface area contributed by atoms with Crippen LogP contribution in [0.4, 0.5) is 4.39 Å². The van der Waals surface area contributed by atoms with E-state index in [1.807, 2.05) is 54.6 Å². The number of carbonyl (C=O) groups is 3. The van der Waals surface area contributed by atoms with Gasteiger partial charge in [0, 0.05) is 39.0 Å². The summed E-state index contributed by atoms with van der Waals surface area (Å²) in [6.45, 7) is 1.55. The second kappa shape index (κ2) is 15.8. The maximum Gasteiger partial charge on any atom is 0.246 e. The first-order valence-corrected chi connectivity index (χ1v) is 15.8. The van der Waals surface area contributed by atoms with Gasteiger partial charge in [0.05, 0.1) is 6.10 Å². The van der Waals surface area contributed by atoms with E-state index in [1.54, 1.807) is 32.2 Å². The van der Waals surface area contributed by atoms with Crippen molar-refractivity contribution >= 4 is 17.7 Å². The highest BCUT2D eigenvalue weighted by Gasteiger charge is 2.35. The Bertz CT molecular complexity index is 1490. The lowest BCUT2D eigenvalue weighted by atomic mass is 9.75. The van der Waals surface area contributed by atoms with E-state index in [9.17, 15) is 23.9 Å². The van der Waals surface area contributed by atoms with Crippen LogP contribution in [0, 0.1) is 5.82 Å². The van der Waals surface area contributed by atoms with Crippen LogP contribution in [0.15, 0.2) is 91.0 Å². The number of rotatable bonds is 14. The average Bonchev–Trinajstić information content (AvgIpc) is 3.04. The number of likely N-dealkylation sites (N-methyl/N-ethyl adjacent to an activating group) is 2. The summed E-state index contributed by atoms with van der Waals surface area (Å²) >= 11 is 0. The van der Waals surface area contributed by atoms with Crippen molar-refractivity contribution in [3.8, 4) is 11.1 Å². The molecule has 1 aliphatic rings. The van der Waals surface area contributed by atoms with Gasteiger partial charge in [-0.3, -0.25) is 14.4 Å². The Hall–Kier alpha value is -4.34. The summed E-state index contributed by atoms with van der Waals surface area (Å²) in [7, 11) is 3.12. The zero-order chi connectivity index (χ0) is 33.3. The predicted octanol–water partition coefficient (Wildman–Crippen LogP) is 4.26. The van der Waals surface area contributed by atoms with Crippen molar-refractivity contribution in [3.05, 3.63) is 108 Å². The van der Waals surface area contributed by atoms with Crippen LogP contribution in [0.2, 0.25) is 0 Å². The van der Waals surface area contributed by atoms with Crippen molar-refractivity contribution in [1.29, 1.82) is 0 Å². The van der Waals surface area contributed by atoms with Gasteiger partial charge >= 0.3 is 0 Å². The van der Waals surface area contributed by atoms with Gasteiger partial charge in [-0.05, 0) is 73.1 Å². The molecule has 0 aliphatic heterocycles. The van der Waals surface area contributed by atoms with Crippen LogP contribution in [0.5, 0.6) is 0 Å². The fourth-order valence-corrected chi connectivity index (χ4v) is 5.58. The van der Waals surface area contributed by atoms with E-state index >= 15 is 0 Å². The molecule has 0 aromatic heterocycles. The standard InChI is InChI=1S/C37H45FN4O4/c1-26(43)25-40-35(45)32(23-28-14-18-31(38)19-15-28)42(3)36(46)33(41(2)34(44)11-7-20-37(39)21-8-22-37)24-27-12-16-30(17-13-27)29-9-5-4-6-10-29/h4-7,9-19,26,32-33,43H,8,20-25,39H2,1-3H3,(H,40,45)/t26-,32-,33-/m1/s1. The van der Waals surface area contributed by atoms with E-state index in [-0.39, 0.29) is 30.8 Å². The number of carbonyl (C=O) groups excluding carboxylic acids is 3. The fraction of sp³-hybridized carbons (Fsp3) is 0.378. The number of halogens is 1. The molecule has 4 N–H and O–H groups in total. The molecular formula is C37H45FN4O4. The molecule has 1 saturated carbocycles. The second-order valence-corrected chi connectivity index (χ2v) is 12.4. The van der Waals surface area contributed by atoms with Gasteiger partial charge in [-0.2, -0.15) is 0 Å². The molecule has 8 nitrogen and oxygen atoms in total. The summed E-state index contributed by atoms with van der Waals surface area (Å²) in [4.78, 5) is 43.9. The number of nitrogens with zero attached hydrogens (tertiary/aromatic N) is 2. The van der Waals surface area contributed by atoms with Crippen molar-refractivity contribution < 1.29 is 23.9 Å². The molecule has 0 radical (unpaired) electrons. The molecule has 3 atom stereocenters. The van der Waals surface area contributed by atoms with Crippen molar-refractivity contribution in [2.45, 2.75) is 69.2 Å². The molecule has 0 bridgehead atoms. The van der Waals surface area contributed by atoms with Crippen LogP contribution in [0.1, 0.15) is 43.7 Å². The van der Waals surface area contributed by atoms with Crippen molar-refractivity contribution in [3.63, 3.8) is 0 Å². The van der Waals surface area contributed by atoms with Crippen molar-refractivity contribution in [2.24, 2.45) is 5.73 Å². The Morgan fingerprint density at radius 2 is 1.46 bits per heavy atom. The highest BCUT2D eigenvalue weighted by Crippen LogP contribution is 2.32. The molecule has 3 amide bonds. The molecule has 244 valence electrons. The summed E-state index contributed by atoms with van der Waals surface area (Å²) in [6.07, 6.45) is 6.28. The number of aliphatic hydroxyl groups excluding tert-OH is 1. The summed E-state index contributed by atoms with van der Waals surface area (Å²) in [5, 5.41) is 12.5. The van der Waals surface area contributed by atoms with E-state index in [1.165, 1.54) is 35.1 Å². The minimum atomic E-state index is -0.977. The Morgan fingerprint density at radius 1 is 0.891 bits per heavy atom. The maximum atomic E-state index is 14.3. The molecule has 0 unspecified atom stereocenters. The number of hydrogen-bond donors (Lipinski definition) is 3. The monoisotopic (exact) mass is 628 g/mol. The van der Waals surface area contributed by atoms with E-state index in [0.29, 0.717) is 12.0 Å². The fourth-order valence-electron chi connectivity index (χ4n) is 5.58. The lowest BCUT2D eigenvalue weighted by molar-refractivity contribution is -0.146. The number of benzene rings is 3. The lowest BCUT2D eigenvalue weighted by Gasteiger charge is -2.37. The van der Waals surface area contributed by atoms with Gasteiger partial charge in [0.15, 0.2) is 0 Å². The number of nitrogens with one attached hydrogen (secondary N) is 1. The van der Waals surface area contributed by atoms with Crippen LogP contribution >= 0.6 is 0 Å². The zero-order valence-electron chi connectivity index (χ0n) is 26.9. The van der Waals surface area contributed by atoms with Crippen LogP contribution in [-0.4, -0.2) is 77.0 Å². The first-order chi connectivity index (χ1) is 22.0. The predicted molar refractivity (Wildman–Crippen MR) is 178 cm³/mol. The average molecular weight is 629 g/mol. The van der Waals surface area contributed by atoms with E-state index in [2.05, 4.69) is 5.32 Å². The Labute approximate surface area is 271 Å². The highest BCUT2D eigenvalue weighted by molar-refractivity contribution is 5.95. The largest absolute Gasteiger partial charge is 0.392 e. The SMILES string of the molecule is C[C@@H](O)CNC(=O)[C@@H](Cc1ccc(F)cc1)N(C)C(=O)[C@@H](Cc1ccc(-c2ccccc2)cc1)N(C)C(=O)C=CCC1(N)CCC1. The van der Waals surface area contributed by atoms with Gasteiger partial charge in [-0.15, -0.1) is 0 Å². The molecule has 1 fully saturated rings. The highest BCUT2D eigenvalue weighted by atomic mass is 19.1. The topological polar surface area (TPSA) is 116 Å². The van der Waals surface area contributed by atoms with Crippen LogP contribution in [0.25, 0.3) is 11.1 Å². The Balaban J connectivity index is 1.60. The molecule has 0 heterocycles. The molecule has 4 rings (SSSR count). The minimum absolute atomic E-state index is 0.00376. The molecule has 1 aliphatic carbocycles. The lowest BCUT2D eigenvalue weighted by Crippen LogP contribution is -2.56. The molecule has 9 heteroatoms. The summed E-state index contributed by atoms with van der Waals surface area (Å²) in [5.74, 6) is -1.64. The quantitative estimate of drug-likeness (QED) is 0.231. The summed E-state index contributed by atoms with van der Waals surface area (Å²) < 4.78 is 13.6. The Kier molecular flexibility index (Phi) is 11.8. The molecular weight excluding hydrogens is 583 g/mol. The normalized spacial score (nSPS) is 15.8. The van der Waals surface area contributed by atoms with Gasteiger partial charge < -0.3 is 26.0 Å². The molecule has 3 aromatic carbocycles. The van der Waals surface area contributed by atoms with E-state index in [4.69, 9.17) is 5.73 Å². The van der Waals surface area contributed by atoms with Gasteiger partial charge in [0.2, 0.25) is 17.7 Å². The Morgan fingerprint density at radius 3 is 2.02 bits per heavy atom. The third-order valence-corrected chi connectivity index (χ3v) is 8.76. The zero-order valence-corrected chi connectivity index (χ0v) is 26.9. The number of nitrogens with two attached hydrogens (primary N) is 1. The summed E-state index contributed by atoms with van der Waals surface area (Å²) in [5.41, 5.74) is 9.65. The second-order valence-electron chi connectivity index (χ2n) is 12.4. The number of hydrogen-bond acceptors (Lipinski definition) is 5. The first kappa shape index (κ1) is 34.5. The number of aliphatic hydroxyl groups is 1. The van der Waals surface area contributed by atoms with Crippen LogP contribution < -0.4 is 11.1 Å². The molecule has 0 saturated heterocycles. The van der Waals surface area contributed by atoms with Crippen LogP contribution in [0.3, 0.4) is 0 Å². The van der Waals surface area contributed by atoms with Crippen LogP contribution in [-0.2, 0) is 27.2 Å². The van der Waals surface area contributed by atoms with Gasteiger partial charge in [0.1, 0.15) is 17.9 Å². The third-order valence-electron chi connectivity index (χ3n) is 8.76. The van der Waals surface area contributed by atoms with Crippen molar-refractivity contribution in [2.75, 3.05) is 20.6 Å². The maximum absolute atomic E-state index is 14.3. The molecule has 3 aromatic rings. The smallest absolute Gasteiger partial charge is 0.246 e. The van der Waals surface area contributed by atoms with Gasteiger partial charge in [0.25, 0.3) is 0 Å². The van der Waals surface area contributed by atoms with Gasteiger partial charge in [-0.1, -0.05) is 72.8 Å².